The maximum Gasteiger partial charge on any atom is 0.251 e. The molecule has 168 valence electrons. The standard InChI is InChI=1S/C25H28N2O4S/c1-19-10-13-22(17-24(19)32(29,30)27-18-21-7-4-3-5-8-21)25(28)26-16-6-9-20-11-14-23(31-2)15-12-20/h3-5,7-8,10-15,17,27H,6,9,16,18H2,1-2H3,(H,26,28). The first-order valence-corrected chi connectivity index (χ1v) is 11.9. The predicted octanol–water partition coefficient (Wildman–Crippen LogP) is 3.84. The first-order chi connectivity index (χ1) is 15.4. The third-order valence-corrected chi connectivity index (χ3v) is 6.68. The Morgan fingerprint density at radius 2 is 1.66 bits per heavy atom. The molecule has 0 unspecified atom stereocenters. The van der Waals surface area contributed by atoms with Gasteiger partial charge in [0.05, 0.1) is 12.0 Å². The fraction of sp³-hybridized carbons (Fsp3) is 0.240. The first kappa shape index (κ1) is 23.5. The average molecular weight is 453 g/mol. The molecule has 32 heavy (non-hydrogen) atoms. The van der Waals surface area contributed by atoms with Crippen molar-refractivity contribution in [2.75, 3.05) is 13.7 Å². The number of sulfonamides is 1. The number of benzene rings is 3. The maximum absolute atomic E-state index is 12.8. The molecule has 6 nitrogen and oxygen atoms in total. The molecule has 0 saturated carbocycles. The molecule has 0 spiro atoms. The average Bonchev–Trinajstić information content (AvgIpc) is 2.81. The Bertz CT molecular complexity index is 1140. The number of nitrogens with one attached hydrogen (secondary N) is 2. The third kappa shape index (κ3) is 6.42. The summed E-state index contributed by atoms with van der Waals surface area (Å²) in [6.45, 7) is 2.39. The summed E-state index contributed by atoms with van der Waals surface area (Å²) in [6.07, 6.45) is 1.59. The molecule has 3 aromatic carbocycles. The summed E-state index contributed by atoms with van der Waals surface area (Å²) in [5.41, 5.74) is 2.93. The van der Waals surface area contributed by atoms with Gasteiger partial charge in [-0.25, -0.2) is 13.1 Å². The Balaban J connectivity index is 1.58. The van der Waals surface area contributed by atoms with Crippen molar-refractivity contribution in [3.05, 3.63) is 95.1 Å². The second-order valence-electron chi connectivity index (χ2n) is 7.50. The molecule has 0 fully saturated rings. The number of aryl methyl sites for hydroxylation is 2. The van der Waals surface area contributed by atoms with Crippen LogP contribution in [0.5, 0.6) is 5.75 Å². The van der Waals surface area contributed by atoms with E-state index in [4.69, 9.17) is 4.74 Å². The van der Waals surface area contributed by atoms with Crippen LogP contribution in [0.15, 0.2) is 77.7 Å². The number of hydrogen-bond acceptors (Lipinski definition) is 4. The van der Waals surface area contributed by atoms with E-state index in [-0.39, 0.29) is 17.3 Å². The van der Waals surface area contributed by atoms with Gasteiger partial charge in [0, 0.05) is 18.7 Å². The van der Waals surface area contributed by atoms with Crippen LogP contribution < -0.4 is 14.8 Å². The smallest absolute Gasteiger partial charge is 0.251 e. The summed E-state index contributed by atoms with van der Waals surface area (Å²) >= 11 is 0. The quantitative estimate of drug-likeness (QED) is 0.458. The van der Waals surface area contributed by atoms with E-state index in [1.54, 1.807) is 26.2 Å². The van der Waals surface area contributed by atoms with Gasteiger partial charge in [0.1, 0.15) is 5.75 Å². The van der Waals surface area contributed by atoms with Crippen LogP contribution >= 0.6 is 0 Å². The molecule has 2 N–H and O–H groups in total. The molecule has 0 aliphatic rings. The molecule has 3 rings (SSSR count). The molecule has 0 bridgehead atoms. The lowest BCUT2D eigenvalue weighted by atomic mass is 10.1. The monoisotopic (exact) mass is 452 g/mol. The number of amides is 1. The van der Waals surface area contributed by atoms with Crippen molar-refractivity contribution in [3.8, 4) is 5.75 Å². The number of ether oxygens (including phenoxy) is 1. The van der Waals surface area contributed by atoms with E-state index in [2.05, 4.69) is 10.0 Å². The molecule has 0 aromatic heterocycles. The number of methoxy groups -OCH3 is 1. The van der Waals surface area contributed by atoms with E-state index in [0.29, 0.717) is 17.7 Å². The lowest BCUT2D eigenvalue weighted by molar-refractivity contribution is 0.0953. The van der Waals surface area contributed by atoms with Crippen LogP contribution in [-0.2, 0) is 23.0 Å². The van der Waals surface area contributed by atoms with Gasteiger partial charge in [0.15, 0.2) is 0 Å². The van der Waals surface area contributed by atoms with Gasteiger partial charge in [-0.3, -0.25) is 4.79 Å². The number of carbonyl (C=O) groups excluding carboxylic acids is 1. The summed E-state index contributed by atoms with van der Waals surface area (Å²) < 4.78 is 33.4. The van der Waals surface area contributed by atoms with E-state index in [1.807, 2.05) is 54.6 Å². The Labute approximate surface area is 189 Å². The molecule has 0 aliphatic carbocycles. The number of carbonyl (C=O) groups is 1. The fourth-order valence-electron chi connectivity index (χ4n) is 3.27. The Morgan fingerprint density at radius 3 is 2.34 bits per heavy atom. The van der Waals surface area contributed by atoms with E-state index in [1.165, 1.54) is 6.07 Å². The second kappa shape index (κ2) is 10.9. The Kier molecular flexibility index (Phi) is 8.03. The Morgan fingerprint density at radius 1 is 0.938 bits per heavy atom. The van der Waals surface area contributed by atoms with Gasteiger partial charge in [-0.2, -0.15) is 0 Å². The Hall–Kier alpha value is -3.16. The normalized spacial score (nSPS) is 11.2. The van der Waals surface area contributed by atoms with E-state index in [0.717, 1.165) is 29.7 Å². The highest BCUT2D eigenvalue weighted by molar-refractivity contribution is 7.89. The van der Waals surface area contributed by atoms with Gasteiger partial charge in [0.25, 0.3) is 5.91 Å². The van der Waals surface area contributed by atoms with Crippen LogP contribution in [0.3, 0.4) is 0 Å². The van der Waals surface area contributed by atoms with Gasteiger partial charge < -0.3 is 10.1 Å². The molecule has 0 saturated heterocycles. The molecular formula is C25H28N2O4S. The van der Waals surface area contributed by atoms with Gasteiger partial charge in [-0.15, -0.1) is 0 Å². The summed E-state index contributed by atoms with van der Waals surface area (Å²) in [5, 5.41) is 2.87. The van der Waals surface area contributed by atoms with Crippen LogP contribution in [-0.4, -0.2) is 28.0 Å². The molecule has 3 aromatic rings. The van der Waals surface area contributed by atoms with Crippen LogP contribution in [0.25, 0.3) is 0 Å². The summed E-state index contributed by atoms with van der Waals surface area (Å²) in [6, 6.07) is 21.8. The van der Waals surface area contributed by atoms with Crippen molar-refractivity contribution < 1.29 is 17.9 Å². The molecule has 0 aliphatic heterocycles. The molecule has 7 heteroatoms. The molecule has 0 radical (unpaired) electrons. The van der Waals surface area contributed by atoms with E-state index in [9.17, 15) is 13.2 Å². The van der Waals surface area contributed by atoms with Crippen molar-refractivity contribution in [3.63, 3.8) is 0 Å². The summed E-state index contributed by atoms with van der Waals surface area (Å²) in [7, 11) is -2.12. The minimum Gasteiger partial charge on any atom is -0.497 e. The van der Waals surface area contributed by atoms with Gasteiger partial charge in [0.2, 0.25) is 10.0 Å². The zero-order chi connectivity index (χ0) is 23.0. The first-order valence-electron chi connectivity index (χ1n) is 10.4. The third-order valence-electron chi connectivity index (χ3n) is 5.14. The highest BCUT2D eigenvalue weighted by atomic mass is 32.2. The SMILES string of the molecule is COc1ccc(CCCNC(=O)c2ccc(C)c(S(=O)(=O)NCc3ccccc3)c2)cc1. The lowest BCUT2D eigenvalue weighted by Gasteiger charge is -2.12. The summed E-state index contributed by atoms with van der Waals surface area (Å²) in [5.74, 6) is 0.518. The van der Waals surface area contributed by atoms with Gasteiger partial charge in [-0.05, 0) is 60.7 Å². The number of hydrogen-bond donors (Lipinski definition) is 2. The minimum atomic E-state index is -3.75. The second-order valence-corrected chi connectivity index (χ2v) is 9.23. The van der Waals surface area contributed by atoms with Crippen molar-refractivity contribution in [1.29, 1.82) is 0 Å². The summed E-state index contributed by atoms with van der Waals surface area (Å²) in [4.78, 5) is 12.7. The van der Waals surface area contributed by atoms with Crippen LogP contribution in [0.2, 0.25) is 0 Å². The largest absolute Gasteiger partial charge is 0.497 e. The van der Waals surface area contributed by atoms with Crippen LogP contribution in [0.1, 0.15) is 33.5 Å². The lowest BCUT2D eigenvalue weighted by Crippen LogP contribution is -2.27. The highest BCUT2D eigenvalue weighted by Crippen LogP contribution is 2.18. The molecular weight excluding hydrogens is 424 g/mol. The topological polar surface area (TPSA) is 84.5 Å². The van der Waals surface area contributed by atoms with E-state index < -0.39 is 10.0 Å². The minimum absolute atomic E-state index is 0.110. The van der Waals surface area contributed by atoms with Crippen LogP contribution in [0, 0.1) is 6.92 Å². The zero-order valence-corrected chi connectivity index (χ0v) is 19.1. The van der Waals surface area contributed by atoms with Gasteiger partial charge >= 0.3 is 0 Å². The molecule has 0 heterocycles. The van der Waals surface area contributed by atoms with Crippen molar-refractivity contribution >= 4 is 15.9 Å². The molecule has 0 atom stereocenters. The van der Waals surface area contributed by atoms with Crippen molar-refractivity contribution in [1.82, 2.24) is 10.0 Å². The molecule has 1 amide bonds. The van der Waals surface area contributed by atoms with Crippen molar-refractivity contribution in [2.45, 2.75) is 31.2 Å². The van der Waals surface area contributed by atoms with Gasteiger partial charge in [-0.1, -0.05) is 48.5 Å². The van der Waals surface area contributed by atoms with E-state index >= 15 is 0 Å². The maximum atomic E-state index is 12.8. The zero-order valence-electron chi connectivity index (χ0n) is 18.3. The fourth-order valence-corrected chi connectivity index (χ4v) is 4.56. The van der Waals surface area contributed by atoms with Crippen molar-refractivity contribution in [2.24, 2.45) is 0 Å². The number of rotatable bonds is 10. The highest BCUT2D eigenvalue weighted by Gasteiger charge is 2.19. The van der Waals surface area contributed by atoms with Crippen LogP contribution in [0.4, 0.5) is 0 Å². The predicted molar refractivity (Wildman–Crippen MR) is 125 cm³/mol.